The van der Waals surface area contributed by atoms with Gasteiger partial charge in [-0.1, -0.05) is 12.1 Å². The van der Waals surface area contributed by atoms with Crippen molar-refractivity contribution in [2.45, 2.75) is 19.3 Å². The highest BCUT2D eigenvalue weighted by Gasteiger charge is 2.41. The van der Waals surface area contributed by atoms with Gasteiger partial charge in [-0.05, 0) is 61.2 Å². The Labute approximate surface area is 158 Å². The number of hydrogen-bond acceptors (Lipinski definition) is 4. The van der Waals surface area contributed by atoms with Crippen LogP contribution in [0.15, 0.2) is 48.5 Å². The number of benzene rings is 2. The van der Waals surface area contributed by atoms with Crippen LogP contribution in [0, 0.1) is 11.8 Å². The molecule has 0 aliphatic heterocycles. The number of ether oxygens (including phenoxy) is 2. The molecule has 1 fully saturated rings. The number of carboxylic acids is 1. The first-order valence-electron chi connectivity index (χ1n) is 8.96. The highest BCUT2D eigenvalue weighted by molar-refractivity contribution is 5.96. The van der Waals surface area contributed by atoms with Gasteiger partial charge >= 0.3 is 5.97 Å². The number of carbonyl (C=O) groups excluding carboxylic acids is 1. The van der Waals surface area contributed by atoms with Crippen molar-refractivity contribution in [3.05, 3.63) is 54.1 Å². The van der Waals surface area contributed by atoms with Crippen LogP contribution < -0.4 is 10.1 Å². The number of anilines is 1. The summed E-state index contributed by atoms with van der Waals surface area (Å²) in [6, 6.07) is 14.8. The zero-order chi connectivity index (χ0) is 19.2. The van der Waals surface area contributed by atoms with Crippen LogP contribution in [0.4, 0.5) is 5.69 Å². The average molecular weight is 369 g/mol. The molecule has 142 valence electrons. The molecular formula is C21H23NO5. The van der Waals surface area contributed by atoms with Crippen molar-refractivity contribution < 1.29 is 24.2 Å². The number of carbonyl (C=O) groups is 2. The molecule has 2 N–H and O–H groups in total. The third-order valence-corrected chi connectivity index (χ3v) is 4.80. The molecule has 6 heteroatoms. The molecule has 3 rings (SSSR count). The van der Waals surface area contributed by atoms with Crippen LogP contribution in [0.1, 0.15) is 18.4 Å². The summed E-state index contributed by atoms with van der Waals surface area (Å²) >= 11 is 0. The number of methoxy groups -OCH3 is 1. The summed E-state index contributed by atoms with van der Waals surface area (Å²) in [5.74, 6) is -0.779. The van der Waals surface area contributed by atoms with E-state index in [9.17, 15) is 9.59 Å². The first-order valence-corrected chi connectivity index (χ1v) is 8.96. The molecule has 6 nitrogen and oxygen atoms in total. The molecule has 1 aliphatic carbocycles. The zero-order valence-corrected chi connectivity index (χ0v) is 15.2. The van der Waals surface area contributed by atoms with Gasteiger partial charge in [-0.15, -0.1) is 0 Å². The van der Waals surface area contributed by atoms with E-state index in [-0.39, 0.29) is 5.91 Å². The minimum atomic E-state index is -0.904. The Balaban J connectivity index is 1.54. The van der Waals surface area contributed by atoms with Gasteiger partial charge in [0.2, 0.25) is 5.91 Å². The topological polar surface area (TPSA) is 84.9 Å². The Morgan fingerprint density at radius 2 is 1.59 bits per heavy atom. The molecule has 2 atom stereocenters. The van der Waals surface area contributed by atoms with Crippen LogP contribution in [0.5, 0.6) is 11.5 Å². The van der Waals surface area contributed by atoms with Gasteiger partial charge in [0.15, 0.2) is 0 Å². The van der Waals surface area contributed by atoms with Gasteiger partial charge in [0.25, 0.3) is 0 Å². The van der Waals surface area contributed by atoms with Crippen molar-refractivity contribution in [2.24, 2.45) is 11.8 Å². The number of aliphatic carboxylic acids is 1. The van der Waals surface area contributed by atoms with Gasteiger partial charge in [0.05, 0.1) is 18.4 Å². The van der Waals surface area contributed by atoms with Gasteiger partial charge in [-0.3, -0.25) is 9.59 Å². The summed E-state index contributed by atoms with van der Waals surface area (Å²) in [5, 5.41) is 11.8. The van der Waals surface area contributed by atoms with Crippen molar-refractivity contribution >= 4 is 17.6 Å². The van der Waals surface area contributed by atoms with Crippen molar-refractivity contribution in [2.75, 3.05) is 19.0 Å². The minimum absolute atomic E-state index is 0.242. The van der Waals surface area contributed by atoms with Crippen LogP contribution >= 0.6 is 0 Å². The summed E-state index contributed by atoms with van der Waals surface area (Å²) < 4.78 is 10.9. The number of hydrogen-bond donors (Lipinski definition) is 2. The lowest BCUT2D eigenvalue weighted by Gasteiger charge is -2.31. The van der Waals surface area contributed by atoms with Gasteiger partial charge < -0.3 is 19.9 Å². The molecular weight excluding hydrogens is 346 g/mol. The molecule has 0 heterocycles. The van der Waals surface area contributed by atoms with E-state index in [1.165, 1.54) is 5.56 Å². The van der Waals surface area contributed by atoms with Crippen LogP contribution in [0.2, 0.25) is 0 Å². The fourth-order valence-corrected chi connectivity index (χ4v) is 3.03. The molecule has 1 aliphatic rings. The highest BCUT2D eigenvalue weighted by atomic mass is 16.5. The molecule has 0 spiro atoms. The number of nitrogens with one attached hydrogen (secondary N) is 1. The molecule has 0 aromatic heterocycles. The molecule has 0 saturated heterocycles. The summed E-state index contributed by atoms with van der Waals surface area (Å²) in [4.78, 5) is 23.2. The Morgan fingerprint density at radius 3 is 2.11 bits per heavy atom. The maximum absolute atomic E-state index is 12.2. The van der Waals surface area contributed by atoms with Crippen LogP contribution in [-0.4, -0.2) is 30.7 Å². The van der Waals surface area contributed by atoms with Crippen molar-refractivity contribution in [1.82, 2.24) is 0 Å². The van der Waals surface area contributed by atoms with Crippen molar-refractivity contribution in [3.63, 3.8) is 0 Å². The molecule has 0 bridgehead atoms. The normalized spacial score (nSPS) is 18.4. The Morgan fingerprint density at radius 1 is 1.00 bits per heavy atom. The maximum Gasteiger partial charge on any atom is 0.307 e. The monoisotopic (exact) mass is 369 g/mol. The number of amides is 1. The summed E-state index contributed by atoms with van der Waals surface area (Å²) in [6.45, 7) is 0.682. The van der Waals surface area contributed by atoms with Crippen LogP contribution in [-0.2, 0) is 20.7 Å². The maximum atomic E-state index is 12.2. The van der Waals surface area contributed by atoms with Gasteiger partial charge in [-0.25, -0.2) is 0 Å². The SMILES string of the molecule is COCCc1ccc(Oc2ccc(NC(=O)C3CCC3C(=O)O)cc2)cc1. The smallest absolute Gasteiger partial charge is 0.307 e. The molecule has 1 amide bonds. The fraction of sp³-hybridized carbons (Fsp3) is 0.333. The minimum Gasteiger partial charge on any atom is -0.481 e. The second-order valence-corrected chi connectivity index (χ2v) is 6.63. The van der Waals surface area contributed by atoms with E-state index in [4.69, 9.17) is 14.6 Å². The Bertz CT molecular complexity index is 785. The number of carboxylic acid groups (broad SMARTS) is 1. The first kappa shape index (κ1) is 18.9. The van der Waals surface area contributed by atoms with Crippen molar-refractivity contribution in [1.29, 1.82) is 0 Å². The predicted molar refractivity (Wildman–Crippen MR) is 101 cm³/mol. The average Bonchev–Trinajstić information content (AvgIpc) is 2.61. The summed E-state index contributed by atoms with van der Waals surface area (Å²) in [7, 11) is 1.68. The Hall–Kier alpha value is -2.86. The third-order valence-electron chi connectivity index (χ3n) is 4.80. The van der Waals surface area contributed by atoms with Gasteiger partial charge in [-0.2, -0.15) is 0 Å². The summed E-state index contributed by atoms with van der Waals surface area (Å²) in [5.41, 5.74) is 1.80. The standard InChI is InChI=1S/C21H23NO5/c1-26-13-12-14-2-6-16(7-3-14)27-17-8-4-15(5-9-17)22-20(23)18-10-11-19(18)21(24)25/h2-9,18-19H,10-13H2,1H3,(H,22,23)(H,24,25). The molecule has 2 aromatic rings. The molecule has 0 radical (unpaired) electrons. The van der Waals surface area contributed by atoms with E-state index < -0.39 is 17.8 Å². The first-order chi connectivity index (χ1) is 13.1. The van der Waals surface area contributed by atoms with Crippen LogP contribution in [0.25, 0.3) is 0 Å². The quantitative estimate of drug-likeness (QED) is 0.741. The van der Waals surface area contributed by atoms with E-state index >= 15 is 0 Å². The molecule has 2 unspecified atom stereocenters. The lowest BCUT2D eigenvalue weighted by molar-refractivity contribution is -0.151. The lowest BCUT2D eigenvalue weighted by atomic mass is 9.73. The fourth-order valence-electron chi connectivity index (χ4n) is 3.03. The highest BCUT2D eigenvalue weighted by Crippen LogP contribution is 2.35. The van der Waals surface area contributed by atoms with E-state index in [1.54, 1.807) is 31.4 Å². The summed E-state index contributed by atoms with van der Waals surface area (Å²) in [6.07, 6.45) is 2.03. The van der Waals surface area contributed by atoms with Crippen LogP contribution in [0.3, 0.4) is 0 Å². The second kappa shape index (κ2) is 8.68. The van der Waals surface area contributed by atoms with E-state index in [0.29, 0.717) is 30.9 Å². The van der Waals surface area contributed by atoms with Crippen molar-refractivity contribution in [3.8, 4) is 11.5 Å². The molecule has 2 aromatic carbocycles. The zero-order valence-electron chi connectivity index (χ0n) is 15.2. The number of rotatable bonds is 8. The van der Waals surface area contributed by atoms with Gasteiger partial charge in [0.1, 0.15) is 11.5 Å². The lowest BCUT2D eigenvalue weighted by Crippen LogP contribution is -2.41. The molecule has 27 heavy (non-hydrogen) atoms. The second-order valence-electron chi connectivity index (χ2n) is 6.63. The largest absolute Gasteiger partial charge is 0.481 e. The van der Waals surface area contributed by atoms with Gasteiger partial charge in [0, 0.05) is 12.8 Å². The van der Waals surface area contributed by atoms with E-state index in [2.05, 4.69) is 5.32 Å². The van der Waals surface area contributed by atoms with E-state index in [1.807, 2.05) is 24.3 Å². The predicted octanol–water partition coefficient (Wildman–Crippen LogP) is 3.72. The molecule has 1 saturated carbocycles. The Kier molecular flexibility index (Phi) is 6.08. The third kappa shape index (κ3) is 4.86. The van der Waals surface area contributed by atoms with E-state index in [0.717, 1.165) is 12.2 Å².